The van der Waals surface area contributed by atoms with Gasteiger partial charge < -0.3 is 0 Å². The van der Waals surface area contributed by atoms with Crippen LogP contribution in [0.15, 0.2) is 40.5 Å². The second kappa shape index (κ2) is 10.8. The number of hydrogen-bond acceptors (Lipinski definition) is 0. The van der Waals surface area contributed by atoms with Crippen LogP contribution in [0.4, 0.5) is 0 Å². The summed E-state index contributed by atoms with van der Waals surface area (Å²) in [5.74, 6) is 0. The van der Waals surface area contributed by atoms with Gasteiger partial charge in [0.25, 0.3) is 0 Å². The molecule has 0 saturated heterocycles. The third-order valence-corrected chi connectivity index (χ3v) is 5.04. The molecule has 94 valence electrons. The Bertz CT molecular complexity index is 290. The highest BCUT2D eigenvalue weighted by molar-refractivity contribution is 4.99. The van der Waals surface area contributed by atoms with E-state index in [1.807, 2.05) is 0 Å². The molecule has 1 rings (SSSR count). The molecule has 17 heavy (non-hydrogen) atoms. The molecule has 0 aliphatic heterocycles. The van der Waals surface area contributed by atoms with Gasteiger partial charge in [0.1, 0.15) is 0 Å². The van der Waals surface area contributed by atoms with Crippen LogP contribution in [0.2, 0.25) is 0 Å². The normalized spacial score (nSPS) is 11.1. The first-order chi connectivity index (χ1) is 8.43. The molecule has 0 fully saturated rings. The summed E-state index contributed by atoms with van der Waals surface area (Å²) in [4.78, 5) is 0. The zero-order valence-corrected chi connectivity index (χ0v) is 13.0. The molecule has 0 nitrogen and oxygen atoms in total. The Labute approximate surface area is 117 Å². The molecule has 0 radical (unpaired) electrons. The van der Waals surface area contributed by atoms with E-state index in [0.717, 1.165) is 0 Å². The Hall–Kier alpha value is -0.310. The molecule has 1 aromatic carbocycles. The van der Waals surface area contributed by atoms with Crippen molar-refractivity contribution in [1.82, 2.24) is 0 Å². The Balaban J connectivity index is 1.96. The van der Waals surface area contributed by atoms with Crippen molar-refractivity contribution in [2.24, 2.45) is 0 Å². The first-order valence-electron chi connectivity index (χ1n) is 6.77. The van der Waals surface area contributed by atoms with Gasteiger partial charge in [0, 0.05) is 0 Å². The SMILES string of the molecule is CCCCCCCC/C=C/[I+]c1ccccc1. The number of unbranched alkanes of at least 4 members (excludes halogenated alkanes) is 6. The van der Waals surface area contributed by atoms with E-state index < -0.39 is 0 Å². The van der Waals surface area contributed by atoms with E-state index in [2.05, 4.69) is 47.4 Å². The fraction of sp³-hybridized carbons (Fsp3) is 0.500. The van der Waals surface area contributed by atoms with Crippen LogP contribution in [0.5, 0.6) is 0 Å². The molecular weight excluding hydrogens is 319 g/mol. The molecule has 0 saturated carbocycles. The first-order valence-corrected chi connectivity index (χ1v) is 9.09. The minimum atomic E-state index is 0.114. The van der Waals surface area contributed by atoms with Gasteiger partial charge in [0.05, 0.1) is 0 Å². The molecular formula is C16H24I+. The van der Waals surface area contributed by atoms with Crippen molar-refractivity contribution < 1.29 is 21.2 Å². The van der Waals surface area contributed by atoms with Gasteiger partial charge in [-0.15, -0.1) is 0 Å². The molecule has 0 bridgehead atoms. The summed E-state index contributed by atoms with van der Waals surface area (Å²) in [6, 6.07) is 10.8. The van der Waals surface area contributed by atoms with Gasteiger partial charge in [-0.25, -0.2) is 0 Å². The average molecular weight is 343 g/mol. The van der Waals surface area contributed by atoms with Gasteiger partial charge in [-0.3, -0.25) is 0 Å². The average Bonchev–Trinajstić information content (AvgIpc) is 2.38. The summed E-state index contributed by atoms with van der Waals surface area (Å²) in [7, 11) is 0. The van der Waals surface area contributed by atoms with E-state index in [9.17, 15) is 0 Å². The lowest BCUT2D eigenvalue weighted by Gasteiger charge is -1.96. The van der Waals surface area contributed by atoms with Crippen molar-refractivity contribution >= 4 is 0 Å². The molecule has 1 aromatic rings. The largest absolute Gasteiger partial charge is 0.349 e. The van der Waals surface area contributed by atoms with Crippen molar-refractivity contribution in [1.29, 1.82) is 0 Å². The molecule has 0 unspecified atom stereocenters. The second-order valence-electron chi connectivity index (χ2n) is 4.32. The predicted molar refractivity (Wildman–Crippen MR) is 72.3 cm³/mol. The standard InChI is InChI=1S/C16H24I/c1-2-3-4-5-6-7-8-12-15-17-16-13-10-9-11-14-16/h9-15H,2-8H2,1H3/q+1/b15-12+. The van der Waals surface area contributed by atoms with Crippen molar-refractivity contribution in [3.8, 4) is 0 Å². The van der Waals surface area contributed by atoms with Crippen LogP contribution in [0.1, 0.15) is 51.9 Å². The van der Waals surface area contributed by atoms with E-state index in [1.165, 1.54) is 48.5 Å². The summed E-state index contributed by atoms with van der Waals surface area (Å²) in [5, 5.41) is 0. The highest BCUT2D eigenvalue weighted by atomic mass is 127. The minimum Gasteiger partial charge on any atom is -0.0654 e. The van der Waals surface area contributed by atoms with Crippen molar-refractivity contribution in [3.05, 3.63) is 44.1 Å². The summed E-state index contributed by atoms with van der Waals surface area (Å²) >= 11 is 0.114. The fourth-order valence-corrected chi connectivity index (χ4v) is 3.57. The Morgan fingerprint density at radius 3 is 2.41 bits per heavy atom. The lowest BCUT2D eigenvalue weighted by Crippen LogP contribution is -3.59. The van der Waals surface area contributed by atoms with Crippen LogP contribution in [0, 0.1) is 3.57 Å². The molecule has 0 atom stereocenters. The van der Waals surface area contributed by atoms with Gasteiger partial charge in [-0.05, 0) is 31.1 Å². The number of benzene rings is 1. The quantitative estimate of drug-likeness (QED) is 0.476. The number of hydrogen-bond donors (Lipinski definition) is 0. The van der Waals surface area contributed by atoms with Crippen molar-refractivity contribution in [3.63, 3.8) is 0 Å². The Morgan fingerprint density at radius 1 is 0.941 bits per heavy atom. The summed E-state index contributed by atoms with van der Waals surface area (Å²) in [5.41, 5.74) is 0. The van der Waals surface area contributed by atoms with Crippen LogP contribution in [-0.2, 0) is 0 Å². The number of allylic oxidation sites excluding steroid dienone is 1. The molecule has 0 aliphatic carbocycles. The van der Waals surface area contributed by atoms with Crippen LogP contribution >= 0.6 is 0 Å². The highest BCUT2D eigenvalue weighted by Gasteiger charge is 2.04. The van der Waals surface area contributed by atoms with Crippen molar-refractivity contribution in [2.75, 3.05) is 0 Å². The van der Waals surface area contributed by atoms with Crippen LogP contribution < -0.4 is 21.2 Å². The first kappa shape index (κ1) is 14.7. The molecule has 0 aromatic heterocycles. The van der Waals surface area contributed by atoms with E-state index in [0.29, 0.717) is 0 Å². The van der Waals surface area contributed by atoms with Gasteiger partial charge >= 0.3 is 21.2 Å². The third kappa shape index (κ3) is 8.42. The Morgan fingerprint density at radius 2 is 1.65 bits per heavy atom. The number of halogens is 1. The maximum atomic E-state index is 2.42. The zero-order chi connectivity index (χ0) is 12.2. The summed E-state index contributed by atoms with van der Waals surface area (Å²) in [6.07, 6.45) is 12.1. The van der Waals surface area contributed by atoms with Crippen LogP contribution in [0.25, 0.3) is 0 Å². The molecule has 0 N–H and O–H groups in total. The number of rotatable bonds is 9. The Kier molecular flexibility index (Phi) is 9.39. The lowest BCUT2D eigenvalue weighted by atomic mass is 10.1. The van der Waals surface area contributed by atoms with E-state index >= 15 is 0 Å². The van der Waals surface area contributed by atoms with Crippen LogP contribution in [0.3, 0.4) is 0 Å². The molecule has 0 heterocycles. The van der Waals surface area contributed by atoms with Gasteiger partial charge in [0.15, 0.2) is 7.65 Å². The van der Waals surface area contributed by atoms with E-state index in [-0.39, 0.29) is 21.2 Å². The molecule has 0 aliphatic rings. The van der Waals surface area contributed by atoms with Gasteiger partial charge in [-0.2, -0.15) is 0 Å². The maximum Gasteiger partial charge on any atom is 0.349 e. The summed E-state index contributed by atoms with van der Waals surface area (Å²) in [6.45, 7) is 2.27. The molecule has 0 spiro atoms. The monoisotopic (exact) mass is 343 g/mol. The van der Waals surface area contributed by atoms with Crippen LogP contribution in [-0.4, -0.2) is 0 Å². The van der Waals surface area contributed by atoms with E-state index in [1.54, 1.807) is 0 Å². The zero-order valence-electron chi connectivity index (χ0n) is 10.9. The second-order valence-corrected chi connectivity index (χ2v) is 6.91. The summed E-state index contributed by atoms with van der Waals surface area (Å²) < 4.78 is 3.94. The van der Waals surface area contributed by atoms with Gasteiger partial charge in [0.2, 0.25) is 0 Å². The minimum absolute atomic E-state index is 0.114. The predicted octanol–water partition coefficient (Wildman–Crippen LogP) is 2.21. The topological polar surface area (TPSA) is 0 Å². The molecule has 0 amide bonds. The van der Waals surface area contributed by atoms with Crippen molar-refractivity contribution in [2.45, 2.75) is 51.9 Å². The third-order valence-electron chi connectivity index (χ3n) is 2.74. The lowest BCUT2D eigenvalue weighted by molar-refractivity contribution is -0.557. The van der Waals surface area contributed by atoms with Gasteiger partial charge in [-0.1, -0.05) is 57.2 Å². The molecule has 1 heteroatoms. The smallest absolute Gasteiger partial charge is 0.0654 e. The fourth-order valence-electron chi connectivity index (χ4n) is 1.71. The maximum absolute atomic E-state index is 2.42. The highest BCUT2D eigenvalue weighted by Crippen LogP contribution is 2.06. The van der Waals surface area contributed by atoms with E-state index in [4.69, 9.17) is 0 Å².